The second-order valence-electron chi connectivity index (χ2n) is 4.18. The minimum atomic E-state index is 0.285. The van der Waals surface area contributed by atoms with Crippen LogP contribution in [-0.4, -0.2) is 4.75 Å². The SMILES string of the molecule is Cc1cc(Br)cc(SC(C)(C)C)c1. The standard InChI is InChI=1S/C11H15BrS/c1-8-5-9(12)7-10(6-8)13-11(2,3)4/h5-7H,1-4H3. The Morgan fingerprint density at radius 3 is 2.23 bits per heavy atom. The molecule has 1 aromatic carbocycles. The van der Waals surface area contributed by atoms with Crippen molar-refractivity contribution in [1.29, 1.82) is 0 Å². The number of hydrogen-bond donors (Lipinski definition) is 0. The average molecular weight is 259 g/mol. The minimum Gasteiger partial charge on any atom is -0.120 e. The Bertz CT molecular complexity index is 279. The third-order valence-electron chi connectivity index (χ3n) is 1.44. The lowest BCUT2D eigenvalue weighted by Crippen LogP contribution is -2.06. The number of rotatable bonds is 1. The molecule has 0 radical (unpaired) electrons. The number of halogens is 1. The first-order chi connectivity index (χ1) is 5.87. The van der Waals surface area contributed by atoms with Crippen LogP contribution < -0.4 is 0 Å². The van der Waals surface area contributed by atoms with Crippen LogP contribution in [0.1, 0.15) is 26.3 Å². The largest absolute Gasteiger partial charge is 0.120 e. The molecule has 72 valence electrons. The zero-order valence-corrected chi connectivity index (χ0v) is 10.9. The Morgan fingerprint density at radius 1 is 1.15 bits per heavy atom. The van der Waals surface area contributed by atoms with Crippen molar-refractivity contribution in [3.63, 3.8) is 0 Å². The molecule has 0 saturated heterocycles. The maximum absolute atomic E-state index is 3.51. The molecule has 1 rings (SSSR count). The van der Waals surface area contributed by atoms with Crippen molar-refractivity contribution in [2.45, 2.75) is 37.3 Å². The van der Waals surface area contributed by atoms with Gasteiger partial charge in [-0.2, -0.15) is 0 Å². The van der Waals surface area contributed by atoms with Gasteiger partial charge >= 0.3 is 0 Å². The summed E-state index contributed by atoms with van der Waals surface area (Å²) in [5.74, 6) is 0. The van der Waals surface area contributed by atoms with Gasteiger partial charge < -0.3 is 0 Å². The van der Waals surface area contributed by atoms with Gasteiger partial charge in [0.05, 0.1) is 0 Å². The molecule has 0 aliphatic rings. The fraction of sp³-hybridized carbons (Fsp3) is 0.455. The molecule has 2 heteroatoms. The third kappa shape index (κ3) is 4.19. The number of aryl methyl sites for hydroxylation is 1. The first kappa shape index (κ1) is 11.1. The monoisotopic (exact) mass is 258 g/mol. The average Bonchev–Trinajstić information content (AvgIpc) is 1.78. The van der Waals surface area contributed by atoms with Crippen LogP contribution in [0.5, 0.6) is 0 Å². The molecule has 0 unspecified atom stereocenters. The fourth-order valence-corrected chi connectivity index (χ4v) is 3.01. The van der Waals surface area contributed by atoms with Gasteiger partial charge in [0, 0.05) is 14.1 Å². The van der Waals surface area contributed by atoms with Gasteiger partial charge in [0.15, 0.2) is 0 Å². The molecule has 0 saturated carbocycles. The van der Waals surface area contributed by atoms with Crippen molar-refractivity contribution < 1.29 is 0 Å². The van der Waals surface area contributed by atoms with E-state index in [1.807, 2.05) is 11.8 Å². The molecular formula is C11H15BrS. The topological polar surface area (TPSA) is 0 Å². The van der Waals surface area contributed by atoms with Crippen molar-refractivity contribution in [3.8, 4) is 0 Å². The first-order valence-corrected chi connectivity index (χ1v) is 5.94. The van der Waals surface area contributed by atoms with E-state index < -0.39 is 0 Å². The van der Waals surface area contributed by atoms with E-state index in [-0.39, 0.29) is 4.75 Å². The summed E-state index contributed by atoms with van der Waals surface area (Å²) in [6.45, 7) is 8.81. The van der Waals surface area contributed by atoms with Gasteiger partial charge in [-0.25, -0.2) is 0 Å². The zero-order valence-electron chi connectivity index (χ0n) is 8.52. The Hall–Kier alpha value is 0.0500. The summed E-state index contributed by atoms with van der Waals surface area (Å²) in [6.07, 6.45) is 0. The van der Waals surface area contributed by atoms with Crippen LogP contribution in [0.3, 0.4) is 0 Å². The van der Waals surface area contributed by atoms with Crippen LogP contribution >= 0.6 is 27.7 Å². The highest BCUT2D eigenvalue weighted by Gasteiger charge is 2.12. The van der Waals surface area contributed by atoms with Crippen molar-refractivity contribution in [2.75, 3.05) is 0 Å². The third-order valence-corrected chi connectivity index (χ3v) is 2.98. The summed E-state index contributed by atoms with van der Waals surface area (Å²) >= 11 is 5.41. The molecule has 0 heterocycles. The van der Waals surface area contributed by atoms with E-state index in [0.29, 0.717) is 0 Å². The van der Waals surface area contributed by atoms with Crippen LogP contribution in [0.2, 0.25) is 0 Å². The molecule has 0 spiro atoms. The lowest BCUT2D eigenvalue weighted by atomic mass is 10.2. The molecular weight excluding hydrogens is 244 g/mol. The second kappa shape index (κ2) is 4.05. The summed E-state index contributed by atoms with van der Waals surface area (Å²) in [6, 6.07) is 6.52. The zero-order chi connectivity index (χ0) is 10.1. The van der Waals surface area contributed by atoms with Gasteiger partial charge in [0.1, 0.15) is 0 Å². The molecule has 1 aromatic rings. The summed E-state index contributed by atoms with van der Waals surface area (Å²) in [5.41, 5.74) is 1.31. The molecule has 0 bridgehead atoms. The normalized spacial score (nSPS) is 11.8. The summed E-state index contributed by atoms with van der Waals surface area (Å²) in [5, 5.41) is 0. The Morgan fingerprint density at radius 2 is 1.77 bits per heavy atom. The maximum Gasteiger partial charge on any atom is 0.0189 e. The molecule has 0 amide bonds. The highest BCUT2D eigenvalue weighted by atomic mass is 79.9. The van der Waals surface area contributed by atoms with E-state index in [4.69, 9.17) is 0 Å². The van der Waals surface area contributed by atoms with Gasteiger partial charge in [0.2, 0.25) is 0 Å². The van der Waals surface area contributed by atoms with E-state index in [2.05, 4.69) is 61.8 Å². The van der Waals surface area contributed by atoms with E-state index in [1.54, 1.807) is 0 Å². The van der Waals surface area contributed by atoms with E-state index >= 15 is 0 Å². The predicted molar refractivity (Wildman–Crippen MR) is 64.5 cm³/mol. The Kier molecular flexibility index (Phi) is 3.47. The van der Waals surface area contributed by atoms with Crippen LogP contribution in [0.15, 0.2) is 27.6 Å². The van der Waals surface area contributed by atoms with Gasteiger partial charge in [-0.3, -0.25) is 0 Å². The van der Waals surface area contributed by atoms with Crippen LogP contribution in [0.25, 0.3) is 0 Å². The molecule has 13 heavy (non-hydrogen) atoms. The van der Waals surface area contributed by atoms with Crippen molar-refractivity contribution >= 4 is 27.7 Å². The van der Waals surface area contributed by atoms with Crippen molar-refractivity contribution in [2.24, 2.45) is 0 Å². The second-order valence-corrected chi connectivity index (χ2v) is 6.99. The van der Waals surface area contributed by atoms with E-state index in [0.717, 1.165) is 0 Å². The van der Waals surface area contributed by atoms with E-state index in [9.17, 15) is 0 Å². The van der Waals surface area contributed by atoms with Gasteiger partial charge in [-0.05, 0) is 30.7 Å². The number of hydrogen-bond acceptors (Lipinski definition) is 1. The maximum atomic E-state index is 3.51. The molecule has 0 aliphatic heterocycles. The molecule has 0 N–H and O–H groups in total. The summed E-state index contributed by atoms with van der Waals surface area (Å²) in [4.78, 5) is 1.33. The van der Waals surface area contributed by atoms with Gasteiger partial charge in [-0.15, -0.1) is 11.8 Å². The van der Waals surface area contributed by atoms with Crippen LogP contribution in [0.4, 0.5) is 0 Å². The molecule has 0 aliphatic carbocycles. The lowest BCUT2D eigenvalue weighted by Gasteiger charge is -2.17. The fourth-order valence-electron chi connectivity index (χ4n) is 1.12. The highest BCUT2D eigenvalue weighted by Crippen LogP contribution is 2.33. The van der Waals surface area contributed by atoms with Crippen molar-refractivity contribution in [3.05, 3.63) is 28.2 Å². The predicted octanol–water partition coefficient (Wildman–Crippen LogP) is 4.65. The smallest absolute Gasteiger partial charge is 0.0189 e. The quantitative estimate of drug-likeness (QED) is 0.661. The lowest BCUT2D eigenvalue weighted by molar-refractivity contribution is 0.802. The highest BCUT2D eigenvalue weighted by molar-refractivity contribution is 9.10. The molecule has 0 fully saturated rings. The summed E-state index contributed by atoms with van der Waals surface area (Å²) < 4.78 is 1.45. The Balaban J connectivity index is 2.90. The Labute approximate surface area is 93.2 Å². The first-order valence-electron chi connectivity index (χ1n) is 4.33. The summed E-state index contributed by atoms with van der Waals surface area (Å²) in [7, 11) is 0. The van der Waals surface area contributed by atoms with Gasteiger partial charge in [0.25, 0.3) is 0 Å². The van der Waals surface area contributed by atoms with Crippen molar-refractivity contribution in [1.82, 2.24) is 0 Å². The molecule has 0 nitrogen and oxygen atoms in total. The number of benzene rings is 1. The van der Waals surface area contributed by atoms with Crippen LogP contribution in [-0.2, 0) is 0 Å². The van der Waals surface area contributed by atoms with E-state index in [1.165, 1.54) is 14.9 Å². The molecule has 0 aromatic heterocycles. The van der Waals surface area contributed by atoms with Crippen LogP contribution in [0, 0.1) is 6.92 Å². The van der Waals surface area contributed by atoms with Gasteiger partial charge in [-0.1, -0.05) is 36.7 Å². The molecule has 0 atom stereocenters. The number of thioether (sulfide) groups is 1. The minimum absolute atomic E-state index is 0.285.